The zero-order valence-corrected chi connectivity index (χ0v) is 14.7. The first-order valence-corrected chi connectivity index (χ1v) is 7.83. The Hall–Kier alpha value is -2.04. The molecule has 1 aliphatic carbocycles. The molecule has 0 unspecified atom stereocenters. The number of nitrogens with one attached hydrogen (secondary N) is 1. The van der Waals surface area contributed by atoms with Crippen LogP contribution in [-0.2, 0) is 4.74 Å². The van der Waals surface area contributed by atoms with Crippen LogP contribution in [0.25, 0.3) is 11.1 Å². The fraction of sp³-hybridized carbons (Fsp3) is 0.316. The number of fused-ring (bicyclic) bond motifs is 3. The molecule has 2 aromatic carbocycles. The predicted octanol–water partition coefficient (Wildman–Crippen LogP) is 3.68. The van der Waals surface area contributed by atoms with Crippen LogP contribution in [0.4, 0.5) is 4.79 Å². The molecule has 1 aliphatic rings. The van der Waals surface area contributed by atoms with Crippen LogP contribution in [0, 0.1) is 0 Å². The van der Waals surface area contributed by atoms with Crippen LogP contribution in [0.5, 0.6) is 0 Å². The lowest BCUT2D eigenvalue weighted by Crippen LogP contribution is -2.45. The number of amides is 1. The third kappa shape index (κ3) is 3.89. The molecule has 0 heterocycles. The summed E-state index contributed by atoms with van der Waals surface area (Å²) in [5.74, 6) is 0.0824. The Morgan fingerprint density at radius 3 is 2.08 bits per heavy atom. The van der Waals surface area contributed by atoms with Gasteiger partial charge in [0.25, 0.3) is 0 Å². The van der Waals surface area contributed by atoms with Crippen LogP contribution in [0.3, 0.4) is 0 Å². The quantitative estimate of drug-likeness (QED) is 0.887. The maximum absolute atomic E-state index is 11.9. The number of nitrogens with two attached hydrogens (primary N) is 1. The van der Waals surface area contributed by atoms with Gasteiger partial charge in [-0.15, -0.1) is 12.4 Å². The highest BCUT2D eigenvalue weighted by atomic mass is 35.5. The summed E-state index contributed by atoms with van der Waals surface area (Å²) in [5.41, 5.74) is 10.3. The number of hydrogen-bond donors (Lipinski definition) is 2. The Bertz CT molecular complexity index is 680. The van der Waals surface area contributed by atoms with Crippen molar-refractivity contribution < 1.29 is 9.53 Å². The van der Waals surface area contributed by atoms with E-state index in [4.69, 9.17) is 10.5 Å². The number of ether oxygens (including phenoxy) is 1. The highest BCUT2D eigenvalue weighted by Gasteiger charge is 2.29. The van der Waals surface area contributed by atoms with E-state index in [2.05, 4.69) is 29.6 Å². The SMILES string of the molecule is CC(C)(N)CNC(=O)OCC1c2ccccc2-c2ccccc21.Cl. The zero-order valence-electron chi connectivity index (χ0n) is 13.9. The molecule has 0 aromatic heterocycles. The summed E-state index contributed by atoms with van der Waals surface area (Å²) in [5, 5.41) is 2.71. The van der Waals surface area contributed by atoms with E-state index in [0.717, 1.165) is 0 Å². The highest BCUT2D eigenvalue weighted by molar-refractivity contribution is 5.85. The Labute approximate surface area is 148 Å². The van der Waals surface area contributed by atoms with Crippen molar-refractivity contribution in [2.24, 2.45) is 5.73 Å². The largest absolute Gasteiger partial charge is 0.449 e. The van der Waals surface area contributed by atoms with E-state index < -0.39 is 11.6 Å². The average Bonchev–Trinajstić information content (AvgIpc) is 2.84. The van der Waals surface area contributed by atoms with Gasteiger partial charge in [0.15, 0.2) is 0 Å². The monoisotopic (exact) mass is 346 g/mol. The molecule has 0 saturated carbocycles. The molecule has 128 valence electrons. The van der Waals surface area contributed by atoms with Crippen molar-refractivity contribution in [3.8, 4) is 11.1 Å². The molecule has 3 rings (SSSR count). The molecule has 0 spiro atoms. The highest BCUT2D eigenvalue weighted by Crippen LogP contribution is 2.44. The average molecular weight is 347 g/mol. The van der Waals surface area contributed by atoms with Gasteiger partial charge in [-0.2, -0.15) is 0 Å². The van der Waals surface area contributed by atoms with Crippen molar-refractivity contribution in [3.63, 3.8) is 0 Å². The third-order valence-electron chi connectivity index (χ3n) is 4.03. The molecule has 0 fully saturated rings. The Morgan fingerprint density at radius 1 is 1.08 bits per heavy atom. The molecule has 24 heavy (non-hydrogen) atoms. The summed E-state index contributed by atoms with van der Waals surface area (Å²) in [6.07, 6.45) is -0.426. The fourth-order valence-corrected chi connectivity index (χ4v) is 2.95. The molecule has 4 nitrogen and oxygen atoms in total. The van der Waals surface area contributed by atoms with Gasteiger partial charge in [0.2, 0.25) is 0 Å². The standard InChI is InChI=1S/C19H22N2O2.ClH/c1-19(2,20)12-21-18(22)23-11-17-15-9-5-3-7-13(15)14-8-4-6-10-16(14)17;/h3-10,17H,11-12,20H2,1-2H3,(H,21,22);1H. The Balaban J connectivity index is 0.00000208. The third-order valence-corrected chi connectivity index (χ3v) is 4.03. The van der Waals surface area contributed by atoms with Crippen LogP contribution >= 0.6 is 12.4 Å². The van der Waals surface area contributed by atoms with Crippen molar-refractivity contribution in [1.82, 2.24) is 5.32 Å². The van der Waals surface area contributed by atoms with Gasteiger partial charge < -0.3 is 15.8 Å². The van der Waals surface area contributed by atoms with Gasteiger partial charge in [-0.3, -0.25) is 0 Å². The summed E-state index contributed by atoms with van der Waals surface area (Å²) in [4.78, 5) is 11.9. The van der Waals surface area contributed by atoms with Gasteiger partial charge in [0.1, 0.15) is 6.61 Å². The van der Waals surface area contributed by atoms with E-state index in [1.165, 1.54) is 22.3 Å². The smallest absolute Gasteiger partial charge is 0.407 e. The summed E-state index contributed by atoms with van der Waals surface area (Å²) in [6, 6.07) is 16.6. The topological polar surface area (TPSA) is 64.3 Å². The number of hydrogen-bond acceptors (Lipinski definition) is 3. The molecule has 0 bridgehead atoms. The lowest BCUT2D eigenvalue weighted by Gasteiger charge is -2.19. The molecular formula is C19H23ClN2O2. The minimum Gasteiger partial charge on any atom is -0.449 e. The molecule has 0 aliphatic heterocycles. The zero-order chi connectivity index (χ0) is 16.4. The summed E-state index contributed by atoms with van der Waals surface area (Å²) in [6.45, 7) is 4.42. The van der Waals surface area contributed by atoms with Gasteiger partial charge >= 0.3 is 6.09 Å². The first-order chi connectivity index (χ1) is 11.0. The molecule has 3 N–H and O–H groups in total. The molecule has 1 amide bonds. The maximum Gasteiger partial charge on any atom is 0.407 e. The Kier molecular flexibility index (Phi) is 5.52. The molecule has 5 heteroatoms. The molecule has 0 atom stereocenters. The lowest BCUT2D eigenvalue weighted by atomic mass is 9.98. The van der Waals surface area contributed by atoms with Gasteiger partial charge in [-0.05, 0) is 36.1 Å². The number of benzene rings is 2. The van der Waals surface area contributed by atoms with E-state index in [0.29, 0.717) is 13.2 Å². The van der Waals surface area contributed by atoms with Crippen LogP contribution in [0.15, 0.2) is 48.5 Å². The summed E-state index contributed by atoms with van der Waals surface area (Å²) >= 11 is 0. The lowest BCUT2D eigenvalue weighted by molar-refractivity contribution is 0.141. The van der Waals surface area contributed by atoms with Gasteiger partial charge in [-0.25, -0.2) is 4.79 Å². The van der Waals surface area contributed by atoms with Crippen LogP contribution < -0.4 is 11.1 Å². The molecule has 0 saturated heterocycles. The van der Waals surface area contributed by atoms with Gasteiger partial charge in [-0.1, -0.05) is 48.5 Å². The van der Waals surface area contributed by atoms with E-state index in [9.17, 15) is 4.79 Å². The first-order valence-electron chi connectivity index (χ1n) is 7.83. The predicted molar refractivity (Wildman–Crippen MR) is 98.6 cm³/mol. The van der Waals surface area contributed by atoms with Crippen molar-refractivity contribution in [2.75, 3.05) is 13.2 Å². The summed E-state index contributed by atoms with van der Waals surface area (Å²) < 4.78 is 5.43. The van der Waals surface area contributed by atoms with Crippen molar-refractivity contribution in [1.29, 1.82) is 0 Å². The maximum atomic E-state index is 11.9. The van der Waals surface area contributed by atoms with Crippen molar-refractivity contribution in [3.05, 3.63) is 59.7 Å². The van der Waals surface area contributed by atoms with Crippen LogP contribution in [0.1, 0.15) is 30.9 Å². The normalized spacial score (nSPS) is 12.8. The van der Waals surface area contributed by atoms with E-state index >= 15 is 0 Å². The fourth-order valence-electron chi connectivity index (χ4n) is 2.95. The summed E-state index contributed by atoms with van der Waals surface area (Å²) in [7, 11) is 0. The van der Waals surface area contributed by atoms with E-state index in [1.807, 2.05) is 38.1 Å². The first kappa shape index (κ1) is 18.3. The second-order valence-corrected chi connectivity index (χ2v) is 6.67. The van der Waals surface area contributed by atoms with E-state index in [1.54, 1.807) is 0 Å². The minimum atomic E-state index is -0.453. The van der Waals surface area contributed by atoms with Crippen LogP contribution in [0.2, 0.25) is 0 Å². The minimum absolute atomic E-state index is 0. The van der Waals surface area contributed by atoms with Gasteiger partial charge in [0, 0.05) is 18.0 Å². The molecular weight excluding hydrogens is 324 g/mol. The van der Waals surface area contributed by atoms with Crippen LogP contribution in [-0.4, -0.2) is 24.8 Å². The van der Waals surface area contributed by atoms with E-state index in [-0.39, 0.29) is 18.3 Å². The second kappa shape index (κ2) is 7.24. The number of alkyl carbamates (subject to hydrolysis) is 1. The Morgan fingerprint density at radius 2 is 1.58 bits per heavy atom. The number of carbonyl (C=O) groups excluding carboxylic acids is 1. The molecule has 2 aromatic rings. The number of rotatable bonds is 4. The van der Waals surface area contributed by atoms with Crippen molar-refractivity contribution >= 4 is 18.5 Å². The second-order valence-electron chi connectivity index (χ2n) is 6.67. The van der Waals surface area contributed by atoms with Gasteiger partial charge in [0.05, 0.1) is 0 Å². The number of carbonyl (C=O) groups is 1. The number of halogens is 1. The van der Waals surface area contributed by atoms with Crippen molar-refractivity contribution in [2.45, 2.75) is 25.3 Å². The molecule has 0 radical (unpaired) electrons.